The molecule has 94 valence electrons. The van der Waals surface area contributed by atoms with Gasteiger partial charge in [-0.05, 0) is 30.2 Å². The number of aromatic nitrogens is 1. The van der Waals surface area contributed by atoms with Gasteiger partial charge >= 0.3 is 0 Å². The van der Waals surface area contributed by atoms with Crippen LogP contribution in [0.5, 0.6) is 0 Å². The lowest BCUT2D eigenvalue weighted by molar-refractivity contribution is 1.01. The number of nitrogens with two attached hydrogens (primary N) is 1. The number of benzene rings is 1. The number of rotatable bonds is 4. The summed E-state index contributed by atoms with van der Waals surface area (Å²) >= 11 is 11.9. The fraction of sp³-hybridized carbons (Fsp3) is 0.154. The average Bonchev–Trinajstić information content (AvgIpc) is 2.32. The minimum absolute atomic E-state index is 0.647. The Hall–Kier alpha value is -1.45. The van der Waals surface area contributed by atoms with Gasteiger partial charge in [0.05, 0.1) is 0 Å². The first kappa shape index (κ1) is 13.0. The Labute approximate surface area is 116 Å². The van der Waals surface area contributed by atoms with E-state index in [2.05, 4.69) is 10.3 Å². The van der Waals surface area contributed by atoms with Crippen molar-refractivity contribution in [1.82, 2.24) is 4.98 Å². The highest BCUT2D eigenvalue weighted by atomic mass is 35.5. The van der Waals surface area contributed by atoms with Crippen LogP contribution in [0.25, 0.3) is 0 Å². The third-order valence-electron chi connectivity index (χ3n) is 2.50. The molecule has 3 nitrogen and oxygen atoms in total. The van der Waals surface area contributed by atoms with Crippen LogP contribution in [0.4, 0.5) is 11.5 Å². The van der Waals surface area contributed by atoms with Crippen LogP contribution in [-0.2, 0) is 6.42 Å². The zero-order valence-corrected chi connectivity index (χ0v) is 11.2. The van der Waals surface area contributed by atoms with Crippen molar-refractivity contribution < 1.29 is 0 Å². The summed E-state index contributed by atoms with van der Waals surface area (Å²) in [6, 6.07) is 9.06. The molecule has 0 bridgehead atoms. The van der Waals surface area contributed by atoms with Gasteiger partial charge in [-0.15, -0.1) is 0 Å². The van der Waals surface area contributed by atoms with E-state index in [1.54, 1.807) is 24.4 Å². The summed E-state index contributed by atoms with van der Waals surface area (Å²) < 4.78 is 0. The molecule has 5 heteroatoms. The molecule has 18 heavy (non-hydrogen) atoms. The van der Waals surface area contributed by atoms with Crippen molar-refractivity contribution in [3.8, 4) is 0 Å². The molecule has 0 saturated carbocycles. The number of pyridine rings is 1. The number of nitrogen functional groups attached to an aromatic ring is 1. The molecule has 0 unspecified atom stereocenters. The molecule has 3 N–H and O–H groups in total. The number of hydrogen-bond acceptors (Lipinski definition) is 3. The molecule has 0 aliphatic heterocycles. The Bertz CT molecular complexity index is 544. The second kappa shape index (κ2) is 5.94. The molecule has 0 aliphatic rings. The predicted octanol–water partition coefficient (Wildman–Crippen LogP) is 3.63. The quantitative estimate of drug-likeness (QED) is 0.900. The van der Waals surface area contributed by atoms with Gasteiger partial charge in [-0.25, -0.2) is 4.98 Å². The van der Waals surface area contributed by atoms with Gasteiger partial charge < -0.3 is 11.1 Å². The van der Waals surface area contributed by atoms with E-state index in [4.69, 9.17) is 28.9 Å². The summed E-state index contributed by atoms with van der Waals surface area (Å²) in [7, 11) is 0. The van der Waals surface area contributed by atoms with Gasteiger partial charge in [0.1, 0.15) is 5.82 Å². The van der Waals surface area contributed by atoms with Gasteiger partial charge in [-0.1, -0.05) is 29.3 Å². The Morgan fingerprint density at radius 3 is 2.72 bits per heavy atom. The number of anilines is 2. The molecule has 0 aliphatic carbocycles. The summed E-state index contributed by atoms with van der Waals surface area (Å²) in [6.45, 7) is 0.734. The van der Waals surface area contributed by atoms with Crippen LogP contribution < -0.4 is 11.1 Å². The van der Waals surface area contributed by atoms with E-state index in [1.165, 1.54) is 0 Å². The smallest absolute Gasteiger partial charge is 0.127 e. The average molecular weight is 282 g/mol. The van der Waals surface area contributed by atoms with Gasteiger partial charge in [0.2, 0.25) is 0 Å². The van der Waals surface area contributed by atoms with Gasteiger partial charge in [0, 0.05) is 34.5 Å². The highest BCUT2D eigenvalue weighted by Gasteiger charge is 2.01. The second-order valence-electron chi connectivity index (χ2n) is 3.89. The maximum absolute atomic E-state index is 6.09. The van der Waals surface area contributed by atoms with E-state index in [-0.39, 0.29) is 0 Å². The van der Waals surface area contributed by atoms with Crippen LogP contribution in [0.1, 0.15) is 5.56 Å². The van der Waals surface area contributed by atoms with Crippen LogP contribution in [0, 0.1) is 0 Å². The molecule has 0 saturated heterocycles. The molecular weight excluding hydrogens is 269 g/mol. The first-order chi connectivity index (χ1) is 8.65. The van der Waals surface area contributed by atoms with Crippen LogP contribution in [-0.4, -0.2) is 11.5 Å². The van der Waals surface area contributed by atoms with Gasteiger partial charge in [0.25, 0.3) is 0 Å². The SMILES string of the molecule is Nc1ccnc(NCCc2ccc(Cl)cc2Cl)c1. The van der Waals surface area contributed by atoms with Crippen molar-refractivity contribution >= 4 is 34.7 Å². The normalized spacial score (nSPS) is 10.3. The fourth-order valence-corrected chi connectivity index (χ4v) is 2.10. The van der Waals surface area contributed by atoms with E-state index >= 15 is 0 Å². The maximum atomic E-state index is 6.09. The molecule has 1 aromatic carbocycles. The first-order valence-electron chi connectivity index (χ1n) is 5.54. The zero-order chi connectivity index (χ0) is 13.0. The Morgan fingerprint density at radius 2 is 2.00 bits per heavy atom. The van der Waals surface area contributed by atoms with Crippen LogP contribution in [0.15, 0.2) is 36.5 Å². The Kier molecular flexibility index (Phi) is 4.28. The summed E-state index contributed by atoms with van der Waals surface area (Å²) in [4.78, 5) is 4.16. The lowest BCUT2D eigenvalue weighted by Crippen LogP contribution is -2.06. The Morgan fingerprint density at radius 1 is 1.17 bits per heavy atom. The topological polar surface area (TPSA) is 50.9 Å². The summed E-state index contributed by atoms with van der Waals surface area (Å²) in [5, 5.41) is 4.53. The van der Waals surface area contributed by atoms with E-state index in [1.807, 2.05) is 12.1 Å². The van der Waals surface area contributed by atoms with Gasteiger partial charge in [-0.2, -0.15) is 0 Å². The van der Waals surface area contributed by atoms with Crippen molar-refractivity contribution in [2.45, 2.75) is 6.42 Å². The van der Waals surface area contributed by atoms with Crippen molar-refractivity contribution in [3.05, 3.63) is 52.1 Å². The largest absolute Gasteiger partial charge is 0.399 e. The van der Waals surface area contributed by atoms with Gasteiger partial charge in [-0.3, -0.25) is 0 Å². The highest BCUT2D eigenvalue weighted by molar-refractivity contribution is 6.35. The first-order valence-corrected chi connectivity index (χ1v) is 6.30. The summed E-state index contributed by atoms with van der Waals surface area (Å²) in [6.07, 6.45) is 2.47. The lowest BCUT2D eigenvalue weighted by atomic mass is 10.1. The molecule has 0 spiro atoms. The van der Waals surface area contributed by atoms with Gasteiger partial charge in [0.15, 0.2) is 0 Å². The number of nitrogens with zero attached hydrogens (tertiary/aromatic N) is 1. The second-order valence-corrected chi connectivity index (χ2v) is 4.73. The van der Waals surface area contributed by atoms with Crippen LogP contribution in [0.3, 0.4) is 0 Å². The highest BCUT2D eigenvalue weighted by Crippen LogP contribution is 2.21. The van der Waals surface area contributed by atoms with Crippen molar-refractivity contribution in [2.24, 2.45) is 0 Å². The zero-order valence-electron chi connectivity index (χ0n) is 9.66. The molecule has 0 atom stereocenters. The molecule has 1 aromatic heterocycles. The Balaban J connectivity index is 1.92. The molecule has 2 aromatic rings. The molecule has 2 rings (SSSR count). The summed E-state index contributed by atoms with van der Waals surface area (Å²) in [5.41, 5.74) is 7.41. The van der Waals surface area contributed by atoms with Crippen LogP contribution >= 0.6 is 23.2 Å². The molecule has 0 fully saturated rings. The van der Waals surface area contributed by atoms with E-state index in [0.29, 0.717) is 15.7 Å². The van der Waals surface area contributed by atoms with Crippen molar-refractivity contribution in [1.29, 1.82) is 0 Å². The minimum Gasteiger partial charge on any atom is -0.399 e. The van der Waals surface area contributed by atoms with E-state index in [9.17, 15) is 0 Å². The number of nitrogens with one attached hydrogen (secondary N) is 1. The third kappa shape index (κ3) is 3.52. The lowest BCUT2D eigenvalue weighted by Gasteiger charge is -2.07. The maximum Gasteiger partial charge on any atom is 0.127 e. The van der Waals surface area contributed by atoms with Crippen LogP contribution in [0.2, 0.25) is 10.0 Å². The summed E-state index contributed by atoms with van der Waals surface area (Å²) in [5.74, 6) is 0.764. The van der Waals surface area contributed by atoms with Crippen molar-refractivity contribution in [3.63, 3.8) is 0 Å². The minimum atomic E-state index is 0.647. The number of hydrogen-bond donors (Lipinski definition) is 2. The molecule has 0 amide bonds. The molecule has 0 radical (unpaired) electrons. The van der Waals surface area contributed by atoms with E-state index in [0.717, 1.165) is 24.3 Å². The molecule has 1 heterocycles. The third-order valence-corrected chi connectivity index (χ3v) is 3.09. The number of halogens is 2. The standard InChI is InChI=1S/C13H13Cl2N3/c14-10-2-1-9(12(15)7-10)3-5-17-13-8-11(16)4-6-18-13/h1-2,4,6-8H,3,5H2,(H3,16,17,18). The monoisotopic (exact) mass is 281 g/mol. The van der Waals surface area contributed by atoms with E-state index < -0.39 is 0 Å². The fourth-order valence-electron chi connectivity index (χ4n) is 1.59. The molecular formula is C13H13Cl2N3. The predicted molar refractivity (Wildman–Crippen MR) is 77.3 cm³/mol. The van der Waals surface area contributed by atoms with Crippen molar-refractivity contribution in [2.75, 3.05) is 17.6 Å².